The van der Waals surface area contributed by atoms with E-state index in [2.05, 4.69) is 36.9 Å². The average molecular weight is 533 g/mol. The van der Waals surface area contributed by atoms with Gasteiger partial charge in [-0.05, 0) is 67.1 Å². The zero-order valence-corrected chi connectivity index (χ0v) is 22.7. The first kappa shape index (κ1) is 25.8. The number of amides is 2. The van der Waals surface area contributed by atoms with E-state index in [1.807, 2.05) is 18.2 Å². The van der Waals surface area contributed by atoms with E-state index in [4.69, 9.17) is 19.3 Å². The van der Waals surface area contributed by atoms with Crippen molar-refractivity contribution in [2.75, 3.05) is 52.7 Å². The molecule has 4 aliphatic rings. The summed E-state index contributed by atoms with van der Waals surface area (Å²) >= 11 is 0. The Morgan fingerprint density at radius 1 is 1.00 bits per heavy atom. The van der Waals surface area contributed by atoms with E-state index in [-0.39, 0.29) is 37.1 Å². The highest BCUT2D eigenvalue weighted by Gasteiger charge is 2.38. The van der Waals surface area contributed by atoms with E-state index < -0.39 is 0 Å². The monoisotopic (exact) mass is 532 g/mol. The van der Waals surface area contributed by atoms with Gasteiger partial charge >= 0.3 is 0 Å². The predicted octanol–water partition coefficient (Wildman–Crippen LogP) is 3.28. The van der Waals surface area contributed by atoms with E-state index in [0.717, 1.165) is 49.3 Å². The average Bonchev–Trinajstić information content (AvgIpc) is 3.53. The van der Waals surface area contributed by atoms with E-state index >= 15 is 0 Å². The molecule has 0 radical (unpaired) electrons. The number of benzene rings is 2. The number of ether oxygens (including phenoxy) is 3. The summed E-state index contributed by atoms with van der Waals surface area (Å²) in [6.45, 7) is 8.75. The smallest absolute Gasteiger partial charge is 0.262 e. The summed E-state index contributed by atoms with van der Waals surface area (Å²) in [4.78, 5) is 31.2. The van der Waals surface area contributed by atoms with Crippen LogP contribution in [0.15, 0.2) is 41.5 Å². The van der Waals surface area contributed by atoms with Crippen molar-refractivity contribution in [3.05, 3.63) is 58.7 Å². The second-order valence-corrected chi connectivity index (χ2v) is 10.9. The lowest BCUT2D eigenvalue weighted by atomic mass is 9.96. The number of carbonyl (C=O) groups excluding carboxylic acids is 2. The Bertz CT molecular complexity index is 1280. The van der Waals surface area contributed by atoms with Gasteiger partial charge in [0.05, 0.1) is 25.0 Å². The van der Waals surface area contributed by atoms with Crippen LogP contribution in [0.5, 0.6) is 11.5 Å². The fraction of sp³-hybridized carbons (Fsp3) is 0.500. The van der Waals surface area contributed by atoms with Crippen LogP contribution in [0.4, 0.5) is 0 Å². The van der Waals surface area contributed by atoms with Gasteiger partial charge < -0.3 is 19.1 Å². The molecular formula is C30H36N4O5. The maximum Gasteiger partial charge on any atom is 0.262 e. The van der Waals surface area contributed by atoms with Gasteiger partial charge in [0.1, 0.15) is 6.54 Å². The van der Waals surface area contributed by atoms with Crippen LogP contribution in [-0.2, 0) is 14.3 Å². The second kappa shape index (κ2) is 11.0. The number of morpholine rings is 1. The van der Waals surface area contributed by atoms with Gasteiger partial charge in [0, 0.05) is 38.5 Å². The zero-order chi connectivity index (χ0) is 26.9. The van der Waals surface area contributed by atoms with Gasteiger partial charge in [-0.3, -0.25) is 14.5 Å². The van der Waals surface area contributed by atoms with Crippen LogP contribution < -0.4 is 9.47 Å². The molecule has 1 saturated heterocycles. The third-order valence-corrected chi connectivity index (χ3v) is 8.14. The minimum absolute atomic E-state index is 0.0183. The van der Waals surface area contributed by atoms with Gasteiger partial charge in [-0.15, -0.1) is 0 Å². The van der Waals surface area contributed by atoms with Gasteiger partial charge in [0.2, 0.25) is 12.7 Å². The first-order chi connectivity index (χ1) is 19.0. The molecule has 9 heteroatoms. The Kier molecular flexibility index (Phi) is 7.27. The van der Waals surface area contributed by atoms with E-state index in [0.29, 0.717) is 37.7 Å². The van der Waals surface area contributed by atoms with Gasteiger partial charge in [0.15, 0.2) is 11.5 Å². The Labute approximate surface area is 229 Å². The molecule has 206 valence electrons. The van der Waals surface area contributed by atoms with E-state index in [9.17, 15) is 9.59 Å². The Morgan fingerprint density at radius 3 is 2.56 bits per heavy atom. The van der Waals surface area contributed by atoms with Crippen molar-refractivity contribution < 1.29 is 23.8 Å². The number of rotatable bonds is 8. The lowest BCUT2D eigenvalue weighted by Gasteiger charge is -2.31. The molecule has 1 aliphatic carbocycles. The van der Waals surface area contributed by atoms with Crippen molar-refractivity contribution >= 4 is 17.5 Å². The summed E-state index contributed by atoms with van der Waals surface area (Å²) in [7, 11) is 0. The molecule has 2 fully saturated rings. The molecule has 2 amide bonds. The Balaban J connectivity index is 1.25. The summed E-state index contributed by atoms with van der Waals surface area (Å²) in [5.41, 5.74) is 5.21. The molecule has 3 heterocycles. The molecule has 1 saturated carbocycles. The summed E-state index contributed by atoms with van der Waals surface area (Å²) in [5, 5.41) is 6.45. The fourth-order valence-electron chi connectivity index (χ4n) is 5.39. The second-order valence-electron chi connectivity index (χ2n) is 10.9. The molecule has 39 heavy (non-hydrogen) atoms. The SMILES string of the molecule is Cc1ccc(C2=NN(C(=O)CN(CCN3CCOCC3)C(=O)C3CC3)[C@@H](c3ccc4c(c3)OCO4)C2)cc1C. The minimum Gasteiger partial charge on any atom is -0.454 e. The molecular weight excluding hydrogens is 496 g/mol. The molecule has 2 aromatic carbocycles. The van der Waals surface area contributed by atoms with Crippen LogP contribution >= 0.6 is 0 Å². The van der Waals surface area contributed by atoms with Crippen molar-refractivity contribution in [2.45, 2.75) is 39.2 Å². The van der Waals surface area contributed by atoms with Crippen LogP contribution in [0.3, 0.4) is 0 Å². The van der Waals surface area contributed by atoms with Crippen molar-refractivity contribution in [1.29, 1.82) is 0 Å². The molecule has 0 unspecified atom stereocenters. The van der Waals surface area contributed by atoms with Crippen LogP contribution in [0.1, 0.15) is 47.6 Å². The third kappa shape index (κ3) is 5.65. The zero-order valence-electron chi connectivity index (χ0n) is 22.7. The number of nitrogens with zero attached hydrogens (tertiary/aromatic N) is 4. The maximum atomic E-state index is 13.9. The lowest BCUT2D eigenvalue weighted by molar-refractivity contribution is -0.142. The fourth-order valence-corrected chi connectivity index (χ4v) is 5.39. The highest BCUT2D eigenvalue weighted by molar-refractivity contribution is 6.03. The van der Waals surface area contributed by atoms with Crippen LogP contribution in [0.25, 0.3) is 0 Å². The maximum absolute atomic E-state index is 13.9. The Hall–Kier alpha value is -3.43. The Morgan fingerprint density at radius 2 is 1.79 bits per heavy atom. The number of aryl methyl sites for hydroxylation is 2. The molecule has 9 nitrogen and oxygen atoms in total. The van der Waals surface area contributed by atoms with Crippen molar-refractivity contribution in [2.24, 2.45) is 11.0 Å². The summed E-state index contributed by atoms with van der Waals surface area (Å²) in [6.07, 6.45) is 2.39. The van der Waals surface area contributed by atoms with E-state index in [1.54, 1.807) is 9.91 Å². The first-order valence-corrected chi connectivity index (χ1v) is 13.9. The normalized spacial score (nSPS) is 20.7. The summed E-state index contributed by atoms with van der Waals surface area (Å²) in [6, 6.07) is 11.8. The quantitative estimate of drug-likeness (QED) is 0.519. The topological polar surface area (TPSA) is 83.9 Å². The molecule has 6 rings (SSSR count). The standard InChI is InChI=1S/C30H36N4O5/c1-20-3-4-23(15-21(20)2)25-17-26(24-7-8-27-28(16-24)39-19-38-27)34(31-25)29(35)18-33(30(36)22-5-6-22)10-9-32-11-13-37-14-12-32/h3-4,7-8,15-16,22,26H,5-6,9-14,17-19H2,1-2H3/t26-/m1/s1. The van der Waals surface area contributed by atoms with Crippen LogP contribution in [0.2, 0.25) is 0 Å². The highest BCUT2D eigenvalue weighted by Crippen LogP contribution is 2.39. The lowest BCUT2D eigenvalue weighted by Crippen LogP contribution is -2.47. The molecule has 1 atom stereocenters. The molecule has 0 aromatic heterocycles. The van der Waals surface area contributed by atoms with Gasteiger partial charge in [-0.2, -0.15) is 5.10 Å². The predicted molar refractivity (Wildman–Crippen MR) is 146 cm³/mol. The number of hydrogen-bond donors (Lipinski definition) is 0. The first-order valence-electron chi connectivity index (χ1n) is 13.9. The number of carbonyl (C=O) groups is 2. The molecule has 3 aliphatic heterocycles. The van der Waals surface area contributed by atoms with Crippen molar-refractivity contribution in [3.8, 4) is 11.5 Å². The molecule has 0 spiro atoms. The van der Waals surface area contributed by atoms with E-state index in [1.165, 1.54) is 11.1 Å². The third-order valence-electron chi connectivity index (χ3n) is 8.14. The summed E-state index contributed by atoms with van der Waals surface area (Å²) in [5.74, 6) is 1.33. The largest absolute Gasteiger partial charge is 0.454 e. The highest BCUT2D eigenvalue weighted by atomic mass is 16.7. The van der Waals surface area contributed by atoms with Gasteiger partial charge in [0.25, 0.3) is 5.91 Å². The van der Waals surface area contributed by atoms with Crippen LogP contribution in [-0.4, -0.2) is 85.1 Å². The van der Waals surface area contributed by atoms with Crippen LogP contribution in [0, 0.1) is 19.8 Å². The van der Waals surface area contributed by atoms with Crippen molar-refractivity contribution in [3.63, 3.8) is 0 Å². The molecule has 2 aromatic rings. The van der Waals surface area contributed by atoms with Gasteiger partial charge in [-0.1, -0.05) is 18.2 Å². The minimum atomic E-state index is -0.291. The van der Waals surface area contributed by atoms with Gasteiger partial charge in [-0.25, -0.2) is 5.01 Å². The molecule has 0 N–H and O–H groups in total. The summed E-state index contributed by atoms with van der Waals surface area (Å²) < 4.78 is 16.6. The number of fused-ring (bicyclic) bond motifs is 1. The molecule has 0 bridgehead atoms. The number of hydrogen-bond acceptors (Lipinski definition) is 7. The number of hydrazone groups is 1. The van der Waals surface area contributed by atoms with Crippen molar-refractivity contribution in [1.82, 2.24) is 14.8 Å².